The van der Waals surface area contributed by atoms with Gasteiger partial charge in [-0.3, -0.25) is 4.79 Å². The van der Waals surface area contributed by atoms with E-state index in [1.54, 1.807) is 6.26 Å². The van der Waals surface area contributed by atoms with E-state index in [-0.39, 0.29) is 11.7 Å². The zero-order valence-electron chi connectivity index (χ0n) is 11.3. The lowest BCUT2D eigenvalue weighted by Crippen LogP contribution is -2.25. The molecule has 0 saturated heterocycles. The number of para-hydroxylation sites is 1. The van der Waals surface area contributed by atoms with E-state index in [0.717, 1.165) is 16.5 Å². The van der Waals surface area contributed by atoms with Gasteiger partial charge in [0.1, 0.15) is 11.4 Å². The summed E-state index contributed by atoms with van der Waals surface area (Å²) in [5.41, 5.74) is 2.36. The van der Waals surface area contributed by atoms with Crippen LogP contribution in [0.5, 0.6) is 0 Å². The lowest BCUT2D eigenvalue weighted by atomic mass is 10.1. The van der Waals surface area contributed by atoms with Crippen LogP contribution in [0, 0.1) is 5.82 Å². The van der Waals surface area contributed by atoms with E-state index in [1.807, 2.05) is 24.3 Å². The highest BCUT2D eigenvalue weighted by molar-refractivity contribution is 5.94. The fourth-order valence-corrected chi connectivity index (χ4v) is 2.24. The minimum Gasteiger partial charge on any atom is -0.464 e. The molecule has 1 aromatic heterocycles. The summed E-state index contributed by atoms with van der Waals surface area (Å²) in [5, 5.41) is 3.88. The van der Waals surface area contributed by atoms with Gasteiger partial charge in [-0.15, -0.1) is 0 Å². The largest absolute Gasteiger partial charge is 0.464 e. The number of furan rings is 1. The molecule has 4 heteroatoms. The Morgan fingerprint density at radius 3 is 2.67 bits per heavy atom. The summed E-state index contributed by atoms with van der Waals surface area (Å²) in [4.78, 5) is 11.9. The van der Waals surface area contributed by atoms with Crippen LogP contribution in [-0.4, -0.2) is 12.5 Å². The van der Waals surface area contributed by atoms with Crippen molar-refractivity contribution in [3.05, 3.63) is 71.7 Å². The number of hydrogen-bond donors (Lipinski definition) is 1. The van der Waals surface area contributed by atoms with Gasteiger partial charge in [-0.25, -0.2) is 4.39 Å². The van der Waals surface area contributed by atoms with Crippen LogP contribution in [0.4, 0.5) is 4.39 Å². The Morgan fingerprint density at radius 2 is 1.86 bits per heavy atom. The molecule has 0 saturated carbocycles. The summed E-state index contributed by atoms with van der Waals surface area (Å²) in [6.45, 7) is 0.500. The molecule has 0 fully saturated rings. The average Bonchev–Trinajstić information content (AvgIpc) is 2.91. The van der Waals surface area contributed by atoms with Crippen LogP contribution in [0.1, 0.15) is 15.9 Å². The van der Waals surface area contributed by atoms with Gasteiger partial charge in [0.25, 0.3) is 5.91 Å². The van der Waals surface area contributed by atoms with Crippen molar-refractivity contribution in [2.75, 3.05) is 6.54 Å². The standard InChI is InChI=1S/C17H14FNO2/c18-14-7-5-12(6-8-14)17(20)19-10-9-13-11-21-16-4-2-1-3-15(13)16/h1-8,11H,9-10H2,(H,19,20). The predicted molar refractivity (Wildman–Crippen MR) is 78.7 cm³/mol. The summed E-state index contributed by atoms with van der Waals surface area (Å²) < 4.78 is 18.2. The van der Waals surface area contributed by atoms with Crippen LogP contribution in [0.3, 0.4) is 0 Å². The smallest absolute Gasteiger partial charge is 0.251 e. The maximum atomic E-state index is 12.8. The van der Waals surface area contributed by atoms with Crippen molar-refractivity contribution in [2.24, 2.45) is 0 Å². The molecule has 21 heavy (non-hydrogen) atoms. The minimum atomic E-state index is -0.351. The van der Waals surface area contributed by atoms with Gasteiger partial charge in [0, 0.05) is 17.5 Å². The van der Waals surface area contributed by atoms with Crippen LogP contribution in [0.15, 0.2) is 59.2 Å². The molecule has 0 atom stereocenters. The fourth-order valence-electron chi connectivity index (χ4n) is 2.24. The molecule has 3 rings (SSSR count). The van der Waals surface area contributed by atoms with Gasteiger partial charge < -0.3 is 9.73 Å². The number of carbonyl (C=O) groups excluding carboxylic acids is 1. The summed E-state index contributed by atoms with van der Waals surface area (Å²) in [5.74, 6) is -0.556. The number of nitrogens with one attached hydrogen (secondary N) is 1. The Morgan fingerprint density at radius 1 is 1.10 bits per heavy atom. The van der Waals surface area contributed by atoms with Gasteiger partial charge in [-0.2, -0.15) is 0 Å². The van der Waals surface area contributed by atoms with Gasteiger partial charge in [0.2, 0.25) is 0 Å². The van der Waals surface area contributed by atoms with Gasteiger partial charge in [-0.05, 0) is 42.3 Å². The molecule has 106 valence electrons. The van der Waals surface area contributed by atoms with Crippen molar-refractivity contribution >= 4 is 16.9 Å². The molecule has 1 N–H and O–H groups in total. The second kappa shape index (κ2) is 5.79. The summed E-state index contributed by atoms with van der Waals surface area (Å²) in [6, 6.07) is 13.3. The van der Waals surface area contributed by atoms with Crippen LogP contribution in [0.2, 0.25) is 0 Å². The van der Waals surface area contributed by atoms with Gasteiger partial charge >= 0.3 is 0 Å². The number of amides is 1. The average molecular weight is 283 g/mol. The van der Waals surface area contributed by atoms with E-state index in [9.17, 15) is 9.18 Å². The number of hydrogen-bond acceptors (Lipinski definition) is 2. The number of fused-ring (bicyclic) bond motifs is 1. The van der Waals surface area contributed by atoms with E-state index in [4.69, 9.17) is 4.42 Å². The quantitative estimate of drug-likeness (QED) is 0.795. The molecule has 1 heterocycles. The van der Waals surface area contributed by atoms with E-state index in [0.29, 0.717) is 18.5 Å². The Labute approximate surface area is 121 Å². The Bertz CT molecular complexity index is 762. The van der Waals surface area contributed by atoms with Crippen molar-refractivity contribution in [1.82, 2.24) is 5.32 Å². The van der Waals surface area contributed by atoms with E-state index in [1.165, 1.54) is 24.3 Å². The fraction of sp³-hybridized carbons (Fsp3) is 0.118. The van der Waals surface area contributed by atoms with E-state index in [2.05, 4.69) is 5.32 Å². The number of carbonyl (C=O) groups is 1. The first-order chi connectivity index (χ1) is 10.2. The highest BCUT2D eigenvalue weighted by Crippen LogP contribution is 2.20. The maximum absolute atomic E-state index is 12.8. The van der Waals surface area contributed by atoms with Crippen molar-refractivity contribution in [1.29, 1.82) is 0 Å². The Kier molecular flexibility index (Phi) is 3.69. The maximum Gasteiger partial charge on any atom is 0.251 e. The van der Waals surface area contributed by atoms with Crippen LogP contribution >= 0.6 is 0 Å². The molecule has 0 bridgehead atoms. The molecule has 0 aliphatic rings. The molecule has 0 aliphatic carbocycles. The van der Waals surface area contributed by atoms with E-state index < -0.39 is 0 Å². The molecule has 1 amide bonds. The highest BCUT2D eigenvalue weighted by Gasteiger charge is 2.07. The number of rotatable bonds is 4. The molecular formula is C17H14FNO2. The molecule has 0 spiro atoms. The second-order valence-electron chi connectivity index (χ2n) is 4.77. The number of halogens is 1. The molecule has 2 aromatic carbocycles. The third kappa shape index (κ3) is 2.94. The summed E-state index contributed by atoms with van der Waals surface area (Å²) >= 11 is 0. The second-order valence-corrected chi connectivity index (χ2v) is 4.77. The van der Waals surface area contributed by atoms with Crippen molar-refractivity contribution in [3.63, 3.8) is 0 Å². The molecule has 3 nitrogen and oxygen atoms in total. The first kappa shape index (κ1) is 13.4. The zero-order valence-corrected chi connectivity index (χ0v) is 11.3. The Balaban J connectivity index is 1.61. The van der Waals surface area contributed by atoms with Gasteiger partial charge in [0.15, 0.2) is 0 Å². The van der Waals surface area contributed by atoms with Crippen LogP contribution in [-0.2, 0) is 6.42 Å². The first-order valence-corrected chi connectivity index (χ1v) is 6.73. The molecule has 3 aromatic rings. The molecular weight excluding hydrogens is 269 g/mol. The Hall–Kier alpha value is -2.62. The third-order valence-electron chi connectivity index (χ3n) is 3.35. The monoisotopic (exact) mass is 283 g/mol. The predicted octanol–water partition coefficient (Wildman–Crippen LogP) is 3.54. The van der Waals surface area contributed by atoms with E-state index >= 15 is 0 Å². The van der Waals surface area contributed by atoms with Crippen molar-refractivity contribution in [3.8, 4) is 0 Å². The molecule has 0 radical (unpaired) electrons. The lowest BCUT2D eigenvalue weighted by molar-refractivity contribution is 0.0954. The zero-order chi connectivity index (χ0) is 14.7. The first-order valence-electron chi connectivity index (χ1n) is 6.73. The summed E-state index contributed by atoms with van der Waals surface area (Å²) in [6.07, 6.45) is 2.40. The van der Waals surface area contributed by atoms with Crippen molar-refractivity contribution in [2.45, 2.75) is 6.42 Å². The topological polar surface area (TPSA) is 42.2 Å². The normalized spacial score (nSPS) is 10.7. The third-order valence-corrected chi connectivity index (χ3v) is 3.35. The SMILES string of the molecule is O=C(NCCc1coc2ccccc12)c1ccc(F)cc1. The van der Waals surface area contributed by atoms with Crippen LogP contribution < -0.4 is 5.32 Å². The van der Waals surface area contributed by atoms with Crippen molar-refractivity contribution < 1.29 is 13.6 Å². The van der Waals surface area contributed by atoms with Crippen LogP contribution in [0.25, 0.3) is 11.0 Å². The summed E-state index contributed by atoms with van der Waals surface area (Å²) in [7, 11) is 0. The lowest BCUT2D eigenvalue weighted by Gasteiger charge is -2.04. The van der Waals surface area contributed by atoms with Gasteiger partial charge in [0.05, 0.1) is 6.26 Å². The molecule has 0 aliphatic heterocycles. The van der Waals surface area contributed by atoms with Gasteiger partial charge in [-0.1, -0.05) is 18.2 Å². The number of benzene rings is 2. The highest BCUT2D eigenvalue weighted by atomic mass is 19.1. The molecule has 0 unspecified atom stereocenters. The minimum absolute atomic E-state index is 0.206.